The van der Waals surface area contributed by atoms with E-state index >= 15 is 0 Å². The molecule has 0 heterocycles. The van der Waals surface area contributed by atoms with Gasteiger partial charge in [0.2, 0.25) is 5.91 Å². The van der Waals surface area contributed by atoms with Gasteiger partial charge in [-0.2, -0.15) is 12.6 Å². The normalized spacial score (nSPS) is 11.9. The van der Waals surface area contributed by atoms with Crippen LogP contribution in [0.5, 0.6) is 0 Å². The molecule has 0 unspecified atom stereocenters. The van der Waals surface area contributed by atoms with Crippen molar-refractivity contribution in [3.8, 4) is 0 Å². The van der Waals surface area contributed by atoms with Gasteiger partial charge >= 0.3 is 5.97 Å². The zero-order chi connectivity index (χ0) is 13.7. The smallest absolute Gasteiger partial charge is 0.327 e. The van der Waals surface area contributed by atoms with Crippen LogP contribution in [0.25, 0.3) is 0 Å². The van der Waals surface area contributed by atoms with Gasteiger partial charge in [0.25, 0.3) is 0 Å². The number of hydrogen-bond acceptors (Lipinski definition) is 3. The largest absolute Gasteiger partial charge is 0.480 e. The summed E-state index contributed by atoms with van der Waals surface area (Å²) >= 11 is 4.00. The number of carbonyl (C=O) groups is 2. The summed E-state index contributed by atoms with van der Waals surface area (Å²) in [6.07, 6.45) is 0. The van der Waals surface area contributed by atoms with E-state index in [1.807, 2.05) is 31.2 Å². The van der Waals surface area contributed by atoms with Crippen LogP contribution in [0.3, 0.4) is 0 Å². The number of carboxylic acid groups (broad SMARTS) is 1. The minimum absolute atomic E-state index is 0.0980. The molecule has 0 aliphatic rings. The Morgan fingerprint density at radius 2 is 1.89 bits per heavy atom. The Morgan fingerprint density at radius 3 is 2.28 bits per heavy atom. The van der Waals surface area contributed by atoms with Crippen molar-refractivity contribution >= 4 is 24.5 Å². The fraction of sp³-hybridized carbons (Fsp3) is 0.385. The molecule has 1 amide bonds. The van der Waals surface area contributed by atoms with Gasteiger partial charge in [-0.3, -0.25) is 4.79 Å². The predicted octanol–water partition coefficient (Wildman–Crippen LogP) is 1.73. The topological polar surface area (TPSA) is 57.6 Å². The van der Waals surface area contributed by atoms with E-state index in [9.17, 15) is 9.59 Å². The van der Waals surface area contributed by atoms with Crippen LogP contribution < -0.4 is 0 Å². The molecule has 1 rings (SSSR count). The van der Waals surface area contributed by atoms with Gasteiger partial charge in [0, 0.05) is 19.2 Å². The van der Waals surface area contributed by atoms with Gasteiger partial charge in [0.15, 0.2) is 0 Å². The number of aliphatic carboxylic acids is 1. The van der Waals surface area contributed by atoms with Gasteiger partial charge in [-0.05, 0) is 12.5 Å². The monoisotopic (exact) mass is 267 g/mol. The molecule has 98 valence electrons. The summed E-state index contributed by atoms with van der Waals surface area (Å²) in [5, 5.41) is 9.07. The SMILES string of the molecule is CC(=O)N(Cc1ccc(C)cc1)[C@H](CS)C(=O)O. The summed E-state index contributed by atoms with van der Waals surface area (Å²) in [5.74, 6) is -1.20. The van der Waals surface area contributed by atoms with Crippen molar-refractivity contribution in [1.82, 2.24) is 4.90 Å². The van der Waals surface area contributed by atoms with Crippen molar-refractivity contribution < 1.29 is 14.7 Å². The second-order valence-corrected chi connectivity index (χ2v) is 4.53. The maximum absolute atomic E-state index is 11.5. The Kier molecular flexibility index (Phi) is 5.22. The van der Waals surface area contributed by atoms with Gasteiger partial charge in [0.1, 0.15) is 6.04 Å². The van der Waals surface area contributed by atoms with Gasteiger partial charge in [-0.25, -0.2) is 4.79 Å². The summed E-state index contributed by atoms with van der Waals surface area (Å²) in [7, 11) is 0. The molecule has 0 saturated carbocycles. The molecular weight excluding hydrogens is 250 g/mol. The molecule has 0 fully saturated rings. The number of hydrogen-bond donors (Lipinski definition) is 2. The van der Waals surface area contributed by atoms with Gasteiger partial charge in [-0.15, -0.1) is 0 Å². The zero-order valence-electron chi connectivity index (χ0n) is 10.5. The summed E-state index contributed by atoms with van der Waals surface area (Å²) in [4.78, 5) is 23.9. The molecule has 4 nitrogen and oxygen atoms in total. The average Bonchev–Trinajstić information content (AvgIpc) is 2.30. The first-order chi connectivity index (χ1) is 8.45. The third-order valence-corrected chi connectivity index (χ3v) is 3.06. The van der Waals surface area contributed by atoms with E-state index < -0.39 is 12.0 Å². The third-order valence-electron chi connectivity index (χ3n) is 2.71. The van der Waals surface area contributed by atoms with Crippen LogP contribution in [0.1, 0.15) is 18.1 Å². The van der Waals surface area contributed by atoms with Crippen LogP contribution in [-0.2, 0) is 16.1 Å². The molecule has 18 heavy (non-hydrogen) atoms. The summed E-state index contributed by atoms with van der Waals surface area (Å²) in [6.45, 7) is 3.63. The standard InChI is InChI=1S/C13H17NO3S/c1-9-3-5-11(6-4-9)7-14(10(2)15)12(8-18)13(16)17/h3-6,12,18H,7-8H2,1-2H3,(H,16,17)/t12-/m1/s1. The first-order valence-corrected chi connectivity index (χ1v) is 6.25. The molecule has 0 spiro atoms. The van der Waals surface area contributed by atoms with E-state index in [-0.39, 0.29) is 18.2 Å². The highest BCUT2D eigenvalue weighted by atomic mass is 32.1. The minimum atomic E-state index is -1.03. The Balaban J connectivity index is 2.89. The highest BCUT2D eigenvalue weighted by molar-refractivity contribution is 7.80. The van der Waals surface area contributed by atoms with Gasteiger partial charge in [0.05, 0.1) is 0 Å². The van der Waals surface area contributed by atoms with Crippen LogP contribution in [0, 0.1) is 6.92 Å². The molecule has 0 aromatic heterocycles. The molecule has 1 aromatic rings. The van der Waals surface area contributed by atoms with Crippen LogP contribution in [0.2, 0.25) is 0 Å². The zero-order valence-corrected chi connectivity index (χ0v) is 11.4. The lowest BCUT2D eigenvalue weighted by Crippen LogP contribution is -2.44. The Hall–Kier alpha value is -1.49. The van der Waals surface area contributed by atoms with Crippen molar-refractivity contribution in [3.05, 3.63) is 35.4 Å². The van der Waals surface area contributed by atoms with Crippen LogP contribution in [-0.4, -0.2) is 33.7 Å². The minimum Gasteiger partial charge on any atom is -0.480 e. The average molecular weight is 267 g/mol. The molecule has 0 radical (unpaired) electrons. The van der Waals surface area contributed by atoms with Crippen molar-refractivity contribution in [2.45, 2.75) is 26.4 Å². The fourth-order valence-electron chi connectivity index (χ4n) is 1.64. The fourth-order valence-corrected chi connectivity index (χ4v) is 1.99. The number of thiol groups is 1. The number of carboxylic acids is 1. The highest BCUT2D eigenvalue weighted by Crippen LogP contribution is 2.11. The molecule has 5 heteroatoms. The molecule has 0 aliphatic heterocycles. The van der Waals surface area contributed by atoms with E-state index in [2.05, 4.69) is 12.6 Å². The number of aryl methyl sites for hydroxylation is 1. The van der Waals surface area contributed by atoms with E-state index in [4.69, 9.17) is 5.11 Å². The van der Waals surface area contributed by atoms with Gasteiger partial charge in [-0.1, -0.05) is 29.8 Å². The number of nitrogens with zero attached hydrogens (tertiary/aromatic N) is 1. The maximum Gasteiger partial charge on any atom is 0.327 e. The lowest BCUT2D eigenvalue weighted by atomic mass is 10.1. The maximum atomic E-state index is 11.5. The first-order valence-electron chi connectivity index (χ1n) is 5.62. The van der Waals surface area contributed by atoms with E-state index in [0.29, 0.717) is 0 Å². The van der Waals surface area contributed by atoms with Crippen molar-refractivity contribution in [3.63, 3.8) is 0 Å². The number of carbonyl (C=O) groups excluding carboxylic acids is 1. The van der Waals surface area contributed by atoms with E-state index in [1.54, 1.807) is 0 Å². The van der Waals surface area contributed by atoms with Crippen LogP contribution in [0.15, 0.2) is 24.3 Å². The van der Waals surface area contributed by atoms with E-state index in [1.165, 1.54) is 11.8 Å². The first kappa shape index (κ1) is 14.6. The Morgan fingerprint density at radius 1 is 1.33 bits per heavy atom. The van der Waals surface area contributed by atoms with Crippen molar-refractivity contribution in [2.24, 2.45) is 0 Å². The summed E-state index contributed by atoms with van der Waals surface area (Å²) < 4.78 is 0. The molecule has 1 aromatic carbocycles. The van der Waals surface area contributed by atoms with E-state index in [0.717, 1.165) is 11.1 Å². The molecule has 0 aliphatic carbocycles. The lowest BCUT2D eigenvalue weighted by molar-refractivity contribution is -0.148. The number of benzene rings is 1. The van der Waals surface area contributed by atoms with Crippen molar-refractivity contribution in [2.75, 3.05) is 5.75 Å². The van der Waals surface area contributed by atoms with Crippen molar-refractivity contribution in [1.29, 1.82) is 0 Å². The molecule has 1 N–H and O–H groups in total. The molecule has 0 bridgehead atoms. The number of amides is 1. The second kappa shape index (κ2) is 6.44. The second-order valence-electron chi connectivity index (χ2n) is 4.17. The van der Waals surface area contributed by atoms with Gasteiger partial charge < -0.3 is 10.0 Å². The molecular formula is C13H17NO3S. The quantitative estimate of drug-likeness (QED) is 0.799. The molecule has 1 atom stereocenters. The van der Waals surface area contributed by atoms with Crippen LogP contribution in [0.4, 0.5) is 0 Å². The molecule has 0 saturated heterocycles. The van der Waals surface area contributed by atoms with Crippen LogP contribution >= 0.6 is 12.6 Å². The Labute approximate surface area is 112 Å². The predicted molar refractivity (Wildman–Crippen MR) is 72.7 cm³/mol. The highest BCUT2D eigenvalue weighted by Gasteiger charge is 2.26. The lowest BCUT2D eigenvalue weighted by Gasteiger charge is -2.26. The third kappa shape index (κ3) is 3.77. The Bertz CT molecular complexity index is 430. The summed E-state index contributed by atoms with van der Waals surface area (Å²) in [6, 6.07) is 6.76. The summed E-state index contributed by atoms with van der Waals surface area (Å²) in [5.41, 5.74) is 2.03. The number of rotatable bonds is 5.